The Kier molecular flexibility index (Phi) is 4.60. The van der Waals surface area contributed by atoms with Crippen molar-refractivity contribution in [2.75, 3.05) is 0 Å². The van der Waals surface area contributed by atoms with Gasteiger partial charge in [-0.1, -0.05) is 71.8 Å². The fourth-order valence-corrected chi connectivity index (χ4v) is 3.06. The van der Waals surface area contributed by atoms with Gasteiger partial charge in [0.25, 0.3) is 0 Å². The predicted molar refractivity (Wildman–Crippen MR) is 76.8 cm³/mol. The molecule has 3 unspecified atom stereocenters. The van der Waals surface area contributed by atoms with Gasteiger partial charge in [0.05, 0.1) is 0 Å². The minimum Gasteiger partial charge on any atom is -0.326 e. The first-order valence-electron chi connectivity index (χ1n) is 6.94. The maximum absolute atomic E-state index is 6.61. The van der Waals surface area contributed by atoms with Crippen LogP contribution >= 0.6 is 0 Å². The minimum absolute atomic E-state index is 0.142. The van der Waals surface area contributed by atoms with E-state index in [2.05, 4.69) is 58.9 Å². The van der Waals surface area contributed by atoms with Gasteiger partial charge in [-0.05, 0) is 17.8 Å². The van der Waals surface area contributed by atoms with Crippen LogP contribution in [0.4, 0.5) is 0 Å². The van der Waals surface area contributed by atoms with E-state index in [4.69, 9.17) is 5.73 Å². The summed E-state index contributed by atoms with van der Waals surface area (Å²) < 4.78 is 0. The lowest BCUT2D eigenvalue weighted by Crippen LogP contribution is -2.52. The molecule has 1 heteroatoms. The molecule has 0 saturated carbocycles. The van der Waals surface area contributed by atoms with Crippen molar-refractivity contribution in [2.45, 2.75) is 59.9 Å². The maximum Gasteiger partial charge on any atom is 0.0185 e. The summed E-state index contributed by atoms with van der Waals surface area (Å²) in [5, 5.41) is 0. The van der Waals surface area contributed by atoms with E-state index in [-0.39, 0.29) is 16.9 Å². The van der Waals surface area contributed by atoms with Crippen LogP contribution in [0, 0.1) is 16.7 Å². The lowest BCUT2D eigenvalue weighted by molar-refractivity contribution is 0.107. The van der Waals surface area contributed by atoms with Crippen LogP contribution in [-0.4, -0.2) is 6.04 Å². The molecular weight excluding hydrogens is 206 g/mol. The monoisotopic (exact) mass is 235 g/mol. The average molecular weight is 235 g/mol. The largest absolute Gasteiger partial charge is 0.326 e. The first-order valence-corrected chi connectivity index (χ1v) is 6.94. The molecule has 1 nitrogen and oxygen atoms in total. The van der Waals surface area contributed by atoms with Crippen LogP contribution in [0.3, 0.4) is 0 Å². The highest BCUT2D eigenvalue weighted by Gasteiger charge is 2.43. The summed E-state index contributed by atoms with van der Waals surface area (Å²) in [5.41, 5.74) is 6.90. The van der Waals surface area contributed by atoms with Crippen LogP contribution in [0.1, 0.15) is 53.9 Å². The third-order valence-electron chi connectivity index (χ3n) is 4.28. The van der Waals surface area contributed by atoms with Gasteiger partial charge in [-0.15, -0.1) is 0 Å². The Morgan fingerprint density at radius 2 is 1.94 bits per heavy atom. The Morgan fingerprint density at radius 1 is 1.29 bits per heavy atom. The van der Waals surface area contributed by atoms with E-state index in [0.29, 0.717) is 5.92 Å². The summed E-state index contributed by atoms with van der Waals surface area (Å²) >= 11 is 0. The summed E-state index contributed by atoms with van der Waals surface area (Å²) in [5.74, 6) is 0.642. The van der Waals surface area contributed by atoms with Crippen molar-refractivity contribution in [2.24, 2.45) is 22.5 Å². The highest BCUT2D eigenvalue weighted by Crippen LogP contribution is 2.46. The molecule has 0 amide bonds. The van der Waals surface area contributed by atoms with Gasteiger partial charge in [-0.2, -0.15) is 0 Å². The summed E-state index contributed by atoms with van der Waals surface area (Å²) in [4.78, 5) is 0. The lowest BCUT2D eigenvalue weighted by atomic mass is 9.60. The van der Waals surface area contributed by atoms with Crippen LogP contribution in [0.25, 0.3) is 0 Å². The predicted octanol–water partition coefficient (Wildman–Crippen LogP) is 4.30. The van der Waals surface area contributed by atoms with E-state index >= 15 is 0 Å². The van der Waals surface area contributed by atoms with Crippen LogP contribution < -0.4 is 5.73 Å². The van der Waals surface area contributed by atoms with Crippen LogP contribution in [-0.2, 0) is 0 Å². The van der Waals surface area contributed by atoms with Gasteiger partial charge in [-0.3, -0.25) is 0 Å². The zero-order valence-corrected chi connectivity index (χ0v) is 12.2. The Morgan fingerprint density at radius 3 is 2.35 bits per heavy atom. The molecule has 0 aliphatic heterocycles. The lowest BCUT2D eigenvalue weighted by Gasteiger charge is -2.47. The summed E-state index contributed by atoms with van der Waals surface area (Å²) in [7, 11) is 0. The molecular formula is C16H29N. The SMILES string of the molecule is CCCC(C)C1(C(N)C(C)(C)C)C=CC=CC1. The second kappa shape index (κ2) is 5.39. The van der Waals surface area contributed by atoms with Crippen LogP contribution in [0.15, 0.2) is 24.3 Å². The van der Waals surface area contributed by atoms with E-state index < -0.39 is 0 Å². The zero-order chi connectivity index (χ0) is 13.1. The quantitative estimate of drug-likeness (QED) is 0.772. The minimum atomic E-state index is 0.142. The van der Waals surface area contributed by atoms with Crippen LogP contribution in [0.5, 0.6) is 0 Å². The molecule has 0 spiro atoms. The summed E-state index contributed by atoms with van der Waals surface area (Å²) in [6.07, 6.45) is 12.5. The molecule has 2 N–H and O–H groups in total. The molecule has 0 fully saturated rings. The molecule has 1 aliphatic carbocycles. The Labute approximate surface area is 107 Å². The third kappa shape index (κ3) is 3.01. The molecule has 17 heavy (non-hydrogen) atoms. The fraction of sp³-hybridized carbons (Fsp3) is 0.750. The topological polar surface area (TPSA) is 26.0 Å². The number of nitrogens with two attached hydrogens (primary N) is 1. The van der Waals surface area contributed by atoms with Gasteiger partial charge >= 0.3 is 0 Å². The van der Waals surface area contributed by atoms with Crippen molar-refractivity contribution < 1.29 is 0 Å². The standard InChI is InChI=1S/C16H29N/c1-6-10-13(2)16(11-8-7-9-12-16)14(17)15(3,4)5/h7-9,11,13-14H,6,10,12,17H2,1-5H3. The third-order valence-corrected chi connectivity index (χ3v) is 4.28. The van der Waals surface area contributed by atoms with Crippen molar-refractivity contribution >= 4 is 0 Å². The van der Waals surface area contributed by atoms with Gasteiger partial charge in [0.15, 0.2) is 0 Å². The van der Waals surface area contributed by atoms with Crippen molar-refractivity contribution in [1.29, 1.82) is 0 Å². The van der Waals surface area contributed by atoms with Crippen molar-refractivity contribution in [3.8, 4) is 0 Å². The molecule has 0 aromatic rings. The first kappa shape index (κ1) is 14.5. The molecule has 1 rings (SSSR count). The first-order chi connectivity index (χ1) is 7.84. The fourth-order valence-electron chi connectivity index (χ4n) is 3.06. The van der Waals surface area contributed by atoms with Crippen LogP contribution in [0.2, 0.25) is 0 Å². The molecule has 98 valence electrons. The van der Waals surface area contributed by atoms with E-state index in [9.17, 15) is 0 Å². The average Bonchev–Trinajstić information content (AvgIpc) is 2.28. The van der Waals surface area contributed by atoms with Crippen molar-refractivity contribution in [3.63, 3.8) is 0 Å². The molecule has 0 saturated heterocycles. The van der Waals surface area contributed by atoms with Gasteiger partial charge in [0, 0.05) is 11.5 Å². The highest BCUT2D eigenvalue weighted by atomic mass is 14.7. The summed E-state index contributed by atoms with van der Waals surface area (Å²) in [6.45, 7) is 11.4. The normalized spacial score (nSPS) is 28.1. The maximum atomic E-state index is 6.61. The Balaban J connectivity index is 3.02. The number of allylic oxidation sites excluding steroid dienone is 3. The van der Waals surface area contributed by atoms with Crippen molar-refractivity contribution in [3.05, 3.63) is 24.3 Å². The van der Waals surface area contributed by atoms with E-state index in [0.717, 1.165) is 6.42 Å². The zero-order valence-electron chi connectivity index (χ0n) is 12.2. The smallest absolute Gasteiger partial charge is 0.0185 e. The molecule has 0 aromatic carbocycles. The molecule has 0 bridgehead atoms. The highest BCUT2D eigenvalue weighted by molar-refractivity contribution is 5.21. The number of hydrogen-bond acceptors (Lipinski definition) is 1. The van der Waals surface area contributed by atoms with Crippen molar-refractivity contribution in [1.82, 2.24) is 0 Å². The van der Waals surface area contributed by atoms with Gasteiger partial charge < -0.3 is 5.73 Å². The van der Waals surface area contributed by atoms with Gasteiger partial charge in [0.1, 0.15) is 0 Å². The van der Waals surface area contributed by atoms with Gasteiger partial charge in [0.2, 0.25) is 0 Å². The second-order valence-corrected chi connectivity index (χ2v) is 6.64. The van der Waals surface area contributed by atoms with E-state index in [1.54, 1.807) is 0 Å². The molecule has 0 heterocycles. The number of rotatable bonds is 4. The molecule has 0 aromatic heterocycles. The number of hydrogen-bond donors (Lipinski definition) is 1. The van der Waals surface area contributed by atoms with E-state index in [1.165, 1.54) is 12.8 Å². The Bertz CT molecular complexity index is 295. The second-order valence-electron chi connectivity index (χ2n) is 6.64. The Hall–Kier alpha value is -0.560. The van der Waals surface area contributed by atoms with Gasteiger partial charge in [-0.25, -0.2) is 0 Å². The van der Waals surface area contributed by atoms with E-state index in [1.807, 2.05) is 0 Å². The molecule has 1 aliphatic rings. The molecule has 0 radical (unpaired) electrons. The summed E-state index contributed by atoms with van der Waals surface area (Å²) in [6, 6.07) is 0.206. The molecule has 3 atom stereocenters.